The highest BCUT2D eigenvalue weighted by molar-refractivity contribution is 9.10. The number of nitro benzene ring substituents is 1. The zero-order valence-electron chi connectivity index (χ0n) is 10.2. The Kier molecular flexibility index (Phi) is 4.58. The molecule has 18 heavy (non-hydrogen) atoms. The molecule has 0 saturated heterocycles. The van der Waals surface area contributed by atoms with E-state index < -0.39 is 0 Å². The number of hydrogen-bond donors (Lipinski definition) is 1. The highest BCUT2D eigenvalue weighted by Crippen LogP contribution is 2.29. The first-order valence-electron chi connectivity index (χ1n) is 6.37. The second-order valence-corrected chi connectivity index (χ2v) is 5.61. The average molecular weight is 313 g/mol. The molecule has 0 aromatic heterocycles. The number of non-ortho nitro benzene ring substituents is 1. The Labute approximate surface area is 115 Å². The van der Waals surface area contributed by atoms with Gasteiger partial charge in [-0.2, -0.15) is 0 Å². The van der Waals surface area contributed by atoms with Gasteiger partial charge in [-0.25, -0.2) is 0 Å². The summed E-state index contributed by atoms with van der Waals surface area (Å²) >= 11 is 3.39. The van der Waals surface area contributed by atoms with Crippen molar-refractivity contribution in [1.82, 2.24) is 0 Å². The summed E-state index contributed by atoms with van der Waals surface area (Å²) in [7, 11) is 0. The van der Waals surface area contributed by atoms with Crippen molar-refractivity contribution in [3.8, 4) is 0 Å². The van der Waals surface area contributed by atoms with E-state index in [2.05, 4.69) is 21.2 Å². The molecule has 4 nitrogen and oxygen atoms in total. The van der Waals surface area contributed by atoms with E-state index in [1.165, 1.54) is 38.5 Å². The lowest BCUT2D eigenvalue weighted by atomic mass is 10.1. The van der Waals surface area contributed by atoms with Crippen molar-refractivity contribution in [2.45, 2.75) is 44.6 Å². The number of hydrogen-bond acceptors (Lipinski definition) is 3. The van der Waals surface area contributed by atoms with Crippen molar-refractivity contribution in [2.24, 2.45) is 0 Å². The summed E-state index contributed by atoms with van der Waals surface area (Å²) < 4.78 is 0.765. The Morgan fingerprint density at radius 2 is 1.89 bits per heavy atom. The van der Waals surface area contributed by atoms with E-state index in [1.54, 1.807) is 18.2 Å². The van der Waals surface area contributed by atoms with Crippen LogP contribution in [0.15, 0.2) is 22.7 Å². The maximum atomic E-state index is 10.7. The highest BCUT2D eigenvalue weighted by Gasteiger charge is 2.14. The molecule has 0 amide bonds. The van der Waals surface area contributed by atoms with E-state index in [9.17, 15) is 10.1 Å². The average Bonchev–Trinajstić information content (AvgIpc) is 2.60. The zero-order valence-corrected chi connectivity index (χ0v) is 11.8. The summed E-state index contributed by atoms with van der Waals surface area (Å²) in [6, 6.07) is 5.38. The lowest BCUT2D eigenvalue weighted by molar-refractivity contribution is -0.384. The molecule has 2 rings (SSSR count). The number of anilines is 1. The Morgan fingerprint density at radius 1 is 1.22 bits per heavy atom. The molecule has 1 aliphatic carbocycles. The van der Waals surface area contributed by atoms with Crippen LogP contribution in [0.5, 0.6) is 0 Å². The van der Waals surface area contributed by atoms with Gasteiger partial charge in [-0.1, -0.05) is 25.7 Å². The normalized spacial score (nSPS) is 17.2. The van der Waals surface area contributed by atoms with Crippen LogP contribution in [-0.4, -0.2) is 11.0 Å². The van der Waals surface area contributed by atoms with Gasteiger partial charge in [-0.15, -0.1) is 0 Å². The fourth-order valence-electron chi connectivity index (χ4n) is 2.38. The predicted octanol–water partition coefficient (Wildman–Crippen LogP) is 4.49. The molecule has 1 saturated carbocycles. The summed E-state index contributed by atoms with van der Waals surface area (Å²) in [4.78, 5) is 10.3. The molecule has 0 bridgehead atoms. The molecule has 0 unspecified atom stereocenters. The smallest absolute Gasteiger partial charge is 0.270 e. The summed E-state index contributed by atoms with van der Waals surface area (Å²) in [5.74, 6) is 0. The maximum Gasteiger partial charge on any atom is 0.270 e. The van der Waals surface area contributed by atoms with Crippen LogP contribution in [0.3, 0.4) is 0 Å². The minimum absolute atomic E-state index is 0.119. The van der Waals surface area contributed by atoms with Gasteiger partial charge in [0.05, 0.1) is 4.92 Å². The van der Waals surface area contributed by atoms with E-state index >= 15 is 0 Å². The molecule has 0 aliphatic heterocycles. The van der Waals surface area contributed by atoms with Crippen LogP contribution in [0.2, 0.25) is 0 Å². The molecule has 1 aromatic carbocycles. The molecule has 1 aromatic rings. The summed E-state index contributed by atoms with van der Waals surface area (Å²) in [6.07, 6.45) is 7.54. The maximum absolute atomic E-state index is 10.7. The Balaban J connectivity index is 2.06. The van der Waals surface area contributed by atoms with Gasteiger partial charge in [-0.05, 0) is 34.8 Å². The Hall–Kier alpha value is -1.10. The molecular weight excluding hydrogens is 296 g/mol. The highest BCUT2D eigenvalue weighted by atomic mass is 79.9. The van der Waals surface area contributed by atoms with Crippen molar-refractivity contribution in [2.75, 3.05) is 5.32 Å². The first-order valence-corrected chi connectivity index (χ1v) is 7.16. The largest absolute Gasteiger partial charge is 0.381 e. The van der Waals surface area contributed by atoms with Gasteiger partial charge in [0.15, 0.2) is 0 Å². The van der Waals surface area contributed by atoms with Crippen molar-refractivity contribution in [3.63, 3.8) is 0 Å². The van der Waals surface area contributed by atoms with Crippen molar-refractivity contribution in [1.29, 1.82) is 0 Å². The van der Waals surface area contributed by atoms with Gasteiger partial charge in [0.1, 0.15) is 0 Å². The van der Waals surface area contributed by atoms with Crippen LogP contribution in [0.4, 0.5) is 11.4 Å². The van der Waals surface area contributed by atoms with Crippen molar-refractivity contribution in [3.05, 3.63) is 32.8 Å². The van der Waals surface area contributed by atoms with Crippen molar-refractivity contribution >= 4 is 27.3 Å². The quantitative estimate of drug-likeness (QED) is 0.508. The third-order valence-electron chi connectivity index (χ3n) is 3.38. The SMILES string of the molecule is O=[N+]([O-])c1ccc(NC2CCCCCC2)c(Br)c1. The van der Waals surface area contributed by atoms with Crippen LogP contribution in [-0.2, 0) is 0 Å². The molecule has 1 N–H and O–H groups in total. The molecule has 1 aliphatic rings. The van der Waals surface area contributed by atoms with Gasteiger partial charge in [0.25, 0.3) is 5.69 Å². The Morgan fingerprint density at radius 3 is 2.44 bits per heavy atom. The van der Waals surface area contributed by atoms with E-state index in [1.807, 2.05) is 0 Å². The molecular formula is C13H17BrN2O2. The van der Waals surface area contributed by atoms with Gasteiger partial charge >= 0.3 is 0 Å². The van der Waals surface area contributed by atoms with Gasteiger partial charge in [-0.3, -0.25) is 10.1 Å². The number of benzene rings is 1. The van der Waals surface area contributed by atoms with Crippen LogP contribution in [0, 0.1) is 10.1 Å². The number of rotatable bonds is 3. The number of nitrogens with zero attached hydrogens (tertiary/aromatic N) is 1. The monoisotopic (exact) mass is 312 g/mol. The summed E-state index contributed by atoms with van der Waals surface area (Å²) in [6.45, 7) is 0. The van der Waals surface area contributed by atoms with Crippen LogP contribution in [0.1, 0.15) is 38.5 Å². The minimum Gasteiger partial charge on any atom is -0.381 e. The molecule has 0 radical (unpaired) electrons. The van der Waals surface area contributed by atoms with Crippen LogP contribution < -0.4 is 5.32 Å². The minimum atomic E-state index is -0.375. The zero-order chi connectivity index (χ0) is 13.0. The molecule has 98 valence electrons. The third kappa shape index (κ3) is 3.45. The fraction of sp³-hybridized carbons (Fsp3) is 0.538. The molecule has 5 heteroatoms. The molecule has 1 fully saturated rings. The number of nitro groups is 1. The predicted molar refractivity (Wildman–Crippen MR) is 75.9 cm³/mol. The van der Waals surface area contributed by atoms with Gasteiger partial charge < -0.3 is 5.32 Å². The summed E-state index contributed by atoms with van der Waals surface area (Å²) in [5, 5.41) is 14.2. The molecule has 0 atom stereocenters. The molecule has 0 spiro atoms. The van der Waals surface area contributed by atoms with E-state index in [-0.39, 0.29) is 10.6 Å². The first kappa shape index (κ1) is 13.3. The van der Waals surface area contributed by atoms with Gasteiger partial charge in [0.2, 0.25) is 0 Å². The second-order valence-electron chi connectivity index (χ2n) is 4.75. The lowest BCUT2D eigenvalue weighted by Crippen LogP contribution is -2.18. The van der Waals surface area contributed by atoms with E-state index in [4.69, 9.17) is 0 Å². The Bertz CT molecular complexity index is 429. The lowest BCUT2D eigenvalue weighted by Gasteiger charge is -2.18. The number of nitrogens with one attached hydrogen (secondary N) is 1. The van der Waals surface area contributed by atoms with E-state index in [0.717, 1.165) is 10.2 Å². The van der Waals surface area contributed by atoms with Crippen molar-refractivity contribution < 1.29 is 4.92 Å². The van der Waals surface area contributed by atoms with E-state index in [0.29, 0.717) is 6.04 Å². The number of halogens is 1. The standard InChI is InChI=1S/C13H17BrN2O2/c14-12-9-11(16(17)18)7-8-13(12)15-10-5-3-1-2-4-6-10/h7-10,15H,1-6H2. The molecule has 0 heterocycles. The van der Waals surface area contributed by atoms with Crippen LogP contribution >= 0.6 is 15.9 Å². The first-order chi connectivity index (χ1) is 8.66. The second kappa shape index (κ2) is 6.18. The van der Waals surface area contributed by atoms with Crippen LogP contribution in [0.25, 0.3) is 0 Å². The van der Waals surface area contributed by atoms with Gasteiger partial charge in [0, 0.05) is 28.3 Å². The third-order valence-corrected chi connectivity index (χ3v) is 4.03. The fourth-order valence-corrected chi connectivity index (χ4v) is 2.86. The topological polar surface area (TPSA) is 55.2 Å². The summed E-state index contributed by atoms with van der Waals surface area (Å²) in [5.41, 5.74) is 1.07.